The number of aromatic nitrogens is 1. The number of hydrogen-bond donors (Lipinski definition) is 1. The Morgan fingerprint density at radius 2 is 2.09 bits per heavy atom. The van der Waals surface area contributed by atoms with Crippen molar-refractivity contribution in [3.8, 4) is 5.75 Å². The first-order valence-electron chi connectivity index (χ1n) is 7.14. The fourth-order valence-electron chi connectivity index (χ4n) is 2.35. The third-order valence-corrected chi connectivity index (χ3v) is 4.49. The van der Waals surface area contributed by atoms with Crippen LogP contribution in [0.2, 0.25) is 0 Å². The molecule has 0 radical (unpaired) electrons. The highest BCUT2D eigenvalue weighted by molar-refractivity contribution is 7.22. The second kappa shape index (κ2) is 6.33. The Morgan fingerprint density at radius 3 is 2.78 bits per heavy atom. The van der Waals surface area contributed by atoms with Gasteiger partial charge in [0.05, 0.1) is 17.3 Å². The van der Waals surface area contributed by atoms with Gasteiger partial charge < -0.3 is 10.1 Å². The summed E-state index contributed by atoms with van der Waals surface area (Å²) in [5.74, 6) is 0.0263. The number of hydrogen-bond acceptors (Lipinski definition) is 6. The lowest BCUT2D eigenvalue weighted by atomic mass is 10.3. The molecule has 0 aliphatic carbocycles. The lowest BCUT2D eigenvalue weighted by Crippen LogP contribution is -2.32. The molecule has 3 amide bonds. The number of benzene rings is 1. The van der Waals surface area contributed by atoms with Crippen molar-refractivity contribution >= 4 is 44.4 Å². The normalized spacial score (nSPS) is 14.6. The van der Waals surface area contributed by atoms with Crippen LogP contribution in [0.15, 0.2) is 18.2 Å². The smallest absolute Gasteiger partial charge is 0.229 e. The molecule has 1 aromatic carbocycles. The number of amides is 3. The summed E-state index contributed by atoms with van der Waals surface area (Å²) in [5.41, 5.74) is 0.774. The number of ether oxygens (including phenoxy) is 1. The van der Waals surface area contributed by atoms with E-state index in [1.54, 1.807) is 13.2 Å². The summed E-state index contributed by atoms with van der Waals surface area (Å²) >= 11 is 1.34. The number of carbonyl (C=O) groups excluding carboxylic acids is 3. The van der Waals surface area contributed by atoms with Gasteiger partial charge in [0.2, 0.25) is 17.7 Å². The fraction of sp³-hybridized carbons (Fsp3) is 0.333. The van der Waals surface area contributed by atoms with Gasteiger partial charge in [0, 0.05) is 25.8 Å². The van der Waals surface area contributed by atoms with Crippen molar-refractivity contribution < 1.29 is 19.1 Å². The number of nitrogens with zero attached hydrogens (tertiary/aromatic N) is 2. The predicted octanol–water partition coefficient (Wildman–Crippen LogP) is 1.78. The quantitative estimate of drug-likeness (QED) is 0.843. The first-order valence-corrected chi connectivity index (χ1v) is 7.96. The van der Waals surface area contributed by atoms with Crippen LogP contribution in [0.25, 0.3) is 10.2 Å². The van der Waals surface area contributed by atoms with Gasteiger partial charge in [0.25, 0.3) is 0 Å². The Kier molecular flexibility index (Phi) is 4.24. The minimum Gasteiger partial charge on any atom is -0.497 e. The summed E-state index contributed by atoms with van der Waals surface area (Å²) in [6.07, 6.45) is 0.539. The number of anilines is 1. The van der Waals surface area contributed by atoms with E-state index in [9.17, 15) is 14.4 Å². The van der Waals surface area contributed by atoms with E-state index in [0.717, 1.165) is 20.9 Å². The number of likely N-dealkylation sites (tertiary alicyclic amines) is 1. The van der Waals surface area contributed by atoms with E-state index in [1.165, 1.54) is 11.3 Å². The molecule has 120 valence electrons. The van der Waals surface area contributed by atoms with Crippen LogP contribution in [-0.2, 0) is 14.4 Å². The molecule has 1 aliphatic rings. The Morgan fingerprint density at radius 1 is 1.35 bits per heavy atom. The van der Waals surface area contributed by atoms with Gasteiger partial charge in [-0.3, -0.25) is 19.3 Å². The Labute approximate surface area is 136 Å². The van der Waals surface area contributed by atoms with Crippen LogP contribution < -0.4 is 10.1 Å². The summed E-state index contributed by atoms with van der Waals surface area (Å²) in [6, 6.07) is 5.48. The van der Waals surface area contributed by atoms with Gasteiger partial charge in [-0.15, -0.1) is 0 Å². The molecule has 0 bridgehead atoms. The van der Waals surface area contributed by atoms with Crippen LogP contribution in [0.5, 0.6) is 5.75 Å². The Balaban J connectivity index is 1.61. The van der Waals surface area contributed by atoms with Crippen molar-refractivity contribution in [1.29, 1.82) is 0 Å². The highest BCUT2D eigenvalue weighted by atomic mass is 32.1. The molecule has 0 saturated carbocycles. The molecule has 2 aromatic rings. The first-order chi connectivity index (χ1) is 11.1. The molecule has 1 aliphatic heterocycles. The Hall–Kier alpha value is -2.48. The summed E-state index contributed by atoms with van der Waals surface area (Å²) in [7, 11) is 1.59. The van der Waals surface area contributed by atoms with E-state index in [-0.39, 0.29) is 43.5 Å². The molecule has 1 aromatic heterocycles. The van der Waals surface area contributed by atoms with Crippen molar-refractivity contribution in [3.05, 3.63) is 18.2 Å². The van der Waals surface area contributed by atoms with E-state index < -0.39 is 0 Å². The van der Waals surface area contributed by atoms with Crippen molar-refractivity contribution in [1.82, 2.24) is 9.88 Å². The van der Waals surface area contributed by atoms with Gasteiger partial charge in [0.1, 0.15) is 5.75 Å². The molecular weight excluding hydrogens is 318 g/mol. The molecule has 8 heteroatoms. The van der Waals surface area contributed by atoms with Gasteiger partial charge in [-0.25, -0.2) is 4.98 Å². The molecule has 1 N–H and O–H groups in total. The summed E-state index contributed by atoms with van der Waals surface area (Å²) < 4.78 is 6.06. The zero-order valence-corrected chi connectivity index (χ0v) is 13.3. The Bertz CT molecular complexity index is 770. The number of thiazole rings is 1. The van der Waals surface area contributed by atoms with Crippen LogP contribution in [0.4, 0.5) is 5.13 Å². The largest absolute Gasteiger partial charge is 0.497 e. The van der Waals surface area contributed by atoms with Gasteiger partial charge in [-0.2, -0.15) is 0 Å². The zero-order chi connectivity index (χ0) is 16.4. The maximum absolute atomic E-state index is 12.0. The van der Waals surface area contributed by atoms with Gasteiger partial charge >= 0.3 is 0 Å². The van der Waals surface area contributed by atoms with Crippen molar-refractivity contribution in [2.75, 3.05) is 19.0 Å². The second-order valence-electron chi connectivity index (χ2n) is 5.09. The monoisotopic (exact) mass is 333 g/mol. The van der Waals surface area contributed by atoms with Gasteiger partial charge in [-0.1, -0.05) is 11.3 Å². The number of nitrogens with one attached hydrogen (secondary N) is 1. The summed E-state index contributed by atoms with van der Waals surface area (Å²) in [5, 5.41) is 3.18. The predicted molar refractivity (Wildman–Crippen MR) is 85.4 cm³/mol. The van der Waals surface area contributed by atoms with E-state index in [4.69, 9.17) is 4.74 Å². The maximum atomic E-state index is 12.0. The number of methoxy groups -OCH3 is 1. The van der Waals surface area contributed by atoms with E-state index >= 15 is 0 Å². The first kappa shape index (κ1) is 15.4. The van der Waals surface area contributed by atoms with Gasteiger partial charge in [0.15, 0.2) is 5.13 Å². The van der Waals surface area contributed by atoms with Gasteiger partial charge in [-0.05, 0) is 18.2 Å². The van der Waals surface area contributed by atoms with E-state index in [1.807, 2.05) is 12.1 Å². The molecule has 3 rings (SSSR count). The van der Waals surface area contributed by atoms with Crippen molar-refractivity contribution in [2.45, 2.75) is 19.3 Å². The van der Waals surface area contributed by atoms with E-state index in [0.29, 0.717) is 5.13 Å². The molecule has 2 heterocycles. The van der Waals surface area contributed by atoms with Crippen molar-refractivity contribution in [2.24, 2.45) is 0 Å². The highest BCUT2D eigenvalue weighted by Gasteiger charge is 2.28. The third-order valence-electron chi connectivity index (χ3n) is 3.56. The highest BCUT2D eigenvalue weighted by Crippen LogP contribution is 2.29. The topological polar surface area (TPSA) is 88.6 Å². The number of carbonyl (C=O) groups is 3. The molecule has 7 nitrogen and oxygen atoms in total. The lowest BCUT2D eigenvalue weighted by molar-refractivity contribution is -0.138. The maximum Gasteiger partial charge on any atom is 0.229 e. The zero-order valence-electron chi connectivity index (χ0n) is 12.5. The molecule has 0 spiro atoms. The molecule has 0 unspecified atom stereocenters. The average Bonchev–Trinajstić information content (AvgIpc) is 3.07. The number of imide groups is 1. The number of rotatable bonds is 5. The van der Waals surface area contributed by atoms with Crippen LogP contribution >= 0.6 is 11.3 Å². The van der Waals surface area contributed by atoms with E-state index in [2.05, 4.69) is 10.3 Å². The number of fused-ring (bicyclic) bond motifs is 1. The van der Waals surface area contributed by atoms with Crippen LogP contribution in [0, 0.1) is 0 Å². The minimum atomic E-state index is -0.275. The standard InChI is InChI=1S/C15H15N3O4S/c1-22-9-2-3-10-11(8-9)23-15(16-10)17-12(19)6-7-18-13(20)4-5-14(18)21/h2-3,8H,4-7H2,1H3,(H,16,17,19). The molecule has 1 saturated heterocycles. The molecule has 23 heavy (non-hydrogen) atoms. The molecule has 0 atom stereocenters. The lowest BCUT2D eigenvalue weighted by Gasteiger charge is -2.12. The molecular formula is C15H15N3O4S. The minimum absolute atomic E-state index is 0.0662. The average molecular weight is 333 g/mol. The second-order valence-corrected chi connectivity index (χ2v) is 6.12. The SMILES string of the molecule is COc1ccc2nc(NC(=O)CCN3C(=O)CCC3=O)sc2c1. The third kappa shape index (κ3) is 3.31. The fourth-order valence-corrected chi connectivity index (χ4v) is 3.26. The summed E-state index contributed by atoms with van der Waals surface area (Å²) in [4.78, 5) is 40.4. The van der Waals surface area contributed by atoms with Crippen molar-refractivity contribution in [3.63, 3.8) is 0 Å². The summed E-state index contributed by atoms with van der Waals surface area (Å²) in [6.45, 7) is 0.113. The molecule has 1 fully saturated rings. The van der Waals surface area contributed by atoms with Crippen LogP contribution in [0.3, 0.4) is 0 Å². The van der Waals surface area contributed by atoms with Crippen LogP contribution in [0.1, 0.15) is 19.3 Å². The van der Waals surface area contributed by atoms with Crippen LogP contribution in [-0.4, -0.2) is 41.3 Å².